The summed E-state index contributed by atoms with van der Waals surface area (Å²) in [4.78, 5) is 27.4. The van der Waals surface area contributed by atoms with Crippen molar-refractivity contribution in [3.63, 3.8) is 0 Å². The molecule has 1 aromatic heterocycles. The monoisotopic (exact) mass is 477 g/mol. The number of hydrazone groups is 1. The summed E-state index contributed by atoms with van der Waals surface area (Å²) >= 11 is 5.93. The van der Waals surface area contributed by atoms with Gasteiger partial charge in [0.15, 0.2) is 0 Å². The minimum atomic E-state index is -0.141. The van der Waals surface area contributed by atoms with Crippen molar-refractivity contribution in [3.8, 4) is 11.5 Å². The van der Waals surface area contributed by atoms with Crippen LogP contribution in [0.15, 0.2) is 64.1 Å². The van der Waals surface area contributed by atoms with Crippen molar-refractivity contribution in [3.05, 3.63) is 71.1 Å². The quantitative estimate of drug-likeness (QED) is 0.482. The van der Waals surface area contributed by atoms with Crippen LogP contribution in [0.25, 0.3) is 11.5 Å². The first kappa shape index (κ1) is 22.3. The molecule has 5 rings (SSSR count). The Morgan fingerprint density at radius 3 is 2.50 bits per heavy atom. The van der Waals surface area contributed by atoms with Gasteiger partial charge in [0.2, 0.25) is 23.6 Å². The van der Waals surface area contributed by atoms with Crippen molar-refractivity contribution in [2.45, 2.75) is 44.7 Å². The van der Waals surface area contributed by atoms with Crippen molar-refractivity contribution in [2.75, 3.05) is 6.54 Å². The number of hydrogen-bond donors (Lipinski definition) is 0. The lowest BCUT2D eigenvalue weighted by Crippen LogP contribution is -2.34. The molecular weight excluding hydrogens is 454 g/mol. The molecule has 8 nitrogen and oxygen atoms in total. The highest BCUT2D eigenvalue weighted by Crippen LogP contribution is 2.30. The van der Waals surface area contributed by atoms with E-state index in [1.807, 2.05) is 30.3 Å². The van der Waals surface area contributed by atoms with Crippen LogP contribution in [-0.4, -0.2) is 50.2 Å². The fourth-order valence-electron chi connectivity index (χ4n) is 3.94. The number of amides is 2. The molecule has 2 aliphatic rings. The SMILES string of the molecule is O=C(CCC(=O)N(Cc1nnc(-c2ccc(Cl)cc2)o1)C1CC1)N1CCC(c2ccccc2)=N1. The maximum absolute atomic E-state index is 13.0. The minimum Gasteiger partial charge on any atom is -0.419 e. The second-order valence-corrected chi connectivity index (χ2v) is 8.88. The van der Waals surface area contributed by atoms with Crippen LogP contribution in [0.1, 0.15) is 43.6 Å². The van der Waals surface area contributed by atoms with Crippen LogP contribution in [0.2, 0.25) is 5.02 Å². The molecule has 2 amide bonds. The molecule has 0 bridgehead atoms. The van der Waals surface area contributed by atoms with Crippen LogP contribution < -0.4 is 0 Å². The third-order valence-electron chi connectivity index (χ3n) is 5.92. The van der Waals surface area contributed by atoms with Gasteiger partial charge in [-0.2, -0.15) is 5.10 Å². The Bertz CT molecular complexity index is 1200. The zero-order chi connectivity index (χ0) is 23.5. The fraction of sp³-hybridized carbons (Fsp3) is 0.320. The van der Waals surface area contributed by atoms with Crippen LogP contribution in [0.4, 0.5) is 0 Å². The summed E-state index contributed by atoms with van der Waals surface area (Å²) in [6.45, 7) is 0.775. The highest BCUT2D eigenvalue weighted by Gasteiger charge is 2.34. The lowest BCUT2D eigenvalue weighted by molar-refractivity contribution is -0.137. The summed E-state index contributed by atoms with van der Waals surface area (Å²) in [5.74, 6) is 0.519. The van der Waals surface area contributed by atoms with Crippen LogP contribution in [0.5, 0.6) is 0 Å². The molecule has 0 unspecified atom stereocenters. The molecular formula is C25H24ClN5O3. The van der Waals surface area contributed by atoms with E-state index in [0.29, 0.717) is 29.8 Å². The van der Waals surface area contributed by atoms with Gasteiger partial charge in [-0.05, 0) is 42.7 Å². The Labute approximate surface area is 202 Å². The van der Waals surface area contributed by atoms with E-state index in [0.717, 1.165) is 29.7 Å². The van der Waals surface area contributed by atoms with Gasteiger partial charge in [0, 0.05) is 35.9 Å². The van der Waals surface area contributed by atoms with E-state index in [4.69, 9.17) is 16.0 Å². The lowest BCUT2D eigenvalue weighted by Gasteiger charge is -2.21. The van der Waals surface area contributed by atoms with Gasteiger partial charge < -0.3 is 9.32 Å². The fourth-order valence-corrected chi connectivity index (χ4v) is 4.06. The molecule has 0 spiro atoms. The molecule has 9 heteroatoms. The largest absolute Gasteiger partial charge is 0.419 e. The topological polar surface area (TPSA) is 91.9 Å². The van der Waals surface area contributed by atoms with Crippen LogP contribution in [-0.2, 0) is 16.1 Å². The van der Waals surface area contributed by atoms with Gasteiger partial charge in [-0.15, -0.1) is 10.2 Å². The lowest BCUT2D eigenvalue weighted by atomic mass is 10.1. The molecule has 1 fully saturated rings. The second-order valence-electron chi connectivity index (χ2n) is 8.44. The normalized spacial score (nSPS) is 15.3. The maximum atomic E-state index is 13.0. The van der Waals surface area contributed by atoms with Crippen LogP contribution >= 0.6 is 11.6 Å². The van der Waals surface area contributed by atoms with Crippen molar-refractivity contribution in [2.24, 2.45) is 5.10 Å². The van der Waals surface area contributed by atoms with Gasteiger partial charge in [0.1, 0.15) is 0 Å². The van der Waals surface area contributed by atoms with E-state index in [1.54, 1.807) is 29.2 Å². The number of benzene rings is 2. The number of rotatable bonds is 8. The zero-order valence-corrected chi connectivity index (χ0v) is 19.3. The van der Waals surface area contributed by atoms with Crippen molar-refractivity contribution in [1.29, 1.82) is 0 Å². The number of halogens is 1. The Morgan fingerprint density at radius 1 is 1.00 bits per heavy atom. The number of aromatic nitrogens is 2. The molecule has 1 aliphatic heterocycles. The summed E-state index contributed by atoms with van der Waals surface area (Å²) in [5, 5.41) is 14.8. The van der Waals surface area contributed by atoms with Gasteiger partial charge in [0.25, 0.3) is 0 Å². The zero-order valence-electron chi connectivity index (χ0n) is 18.6. The molecule has 0 atom stereocenters. The van der Waals surface area contributed by atoms with Crippen molar-refractivity contribution in [1.82, 2.24) is 20.1 Å². The summed E-state index contributed by atoms with van der Waals surface area (Å²) in [6, 6.07) is 17.1. The highest BCUT2D eigenvalue weighted by atomic mass is 35.5. The molecule has 34 heavy (non-hydrogen) atoms. The first-order valence-electron chi connectivity index (χ1n) is 11.4. The Morgan fingerprint density at radius 2 is 1.76 bits per heavy atom. The second kappa shape index (κ2) is 9.77. The van der Waals surface area contributed by atoms with E-state index < -0.39 is 0 Å². The van der Waals surface area contributed by atoms with Gasteiger partial charge in [-0.25, -0.2) is 5.01 Å². The third kappa shape index (κ3) is 5.17. The standard InChI is InChI=1S/C25H24ClN5O3/c26-19-8-6-18(7-9-19)25-28-27-22(34-25)16-30(20-10-11-20)23(32)12-13-24(33)31-15-14-21(29-31)17-4-2-1-3-5-17/h1-9,20H,10-16H2. The Kier molecular flexibility index (Phi) is 6.40. The first-order chi connectivity index (χ1) is 16.6. The number of carbonyl (C=O) groups is 2. The maximum Gasteiger partial charge on any atom is 0.247 e. The van der Waals surface area contributed by atoms with Crippen molar-refractivity contribution >= 4 is 29.1 Å². The van der Waals surface area contributed by atoms with Crippen LogP contribution in [0.3, 0.4) is 0 Å². The summed E-state index contributed by atoms with van der Waals surface area (Å²) in [6.07, 6.45) is 2.84. The van der Waals surface area contributed by atoms with E-state index in [2.05, 4.69) is 15.3 Å². The van der Waals surface area contributed by atoms with Gasteiger partial charge >= 0.3 is 0 Å². The molecule has 1 aliphatic carbocycles. The summed E-state index contributed by atoms with van der Waals surface area (Å²) in [7, 11) is 0. The van der Waals surface area contributed by atoms with Gasteiger partial charge in [-0.1, -0.05) is 41.9 Å². The van der Waals surface area contributed by atoms with Crippen molar-refractivity contribution < 1.29 is 14.0 Å². The number of carbonyl (C=O) groups excluding carboxylic acids is 2. The predicted octanol–water partition coefficient (Wildman–Crippen LogP) is 4.30. The molecule has 2 heterocycles. The summed E-state index contributed by atoms with van der Waals surface area (Å²) < 4.78 is 5.78. The van der Waals surface area contributed by atoms with Gasteiger partial charge in [-0.3, -0.25) is 9.59 Å². The number of nitrogens with zero attached hydrogens (tertiary/aromatic N) is 5. The minimum absolute atomic E-state index is 0.0893. The molecule has 0 radical (unpaired) electrons. The van der Waals surface area contributed by atoms with E-state index in [9.17, 15) is 9.59 Å². The first-order valence-corrected chi connectivity index (χ1v) is 11.8. The smallest absolute Gasteiger partial charge is 0.247 e. The highest BCUT2D eigenvalue weighted by molar-refractivity contribution is 6.30. The average Bonchev–Trinajstić information content (AvgIpc) is 3.38. The Hall–Kier alpha value is -3.52. The number of hydrogen-bond acceptors (Lipinski definition) is 6. The predicted molar refractivity (Wildman–Crippen MR) is 127 cm³/mol. The van der Waals surface area contributed by atoms with E-state index in [-0.39, 0.29) is 37.2 Å². The molecule has 0 saturated heterocycles. The molecule has 3 aromatic rings. The molecule has 174 valence electrons. The van der Waals surface area contributed by atoms with E-state index in [1.165, 1.54) is 5.01 Å². The molecule has 0 N–H and O–H groups in total. The average molecular weight is 478 g/mol. The van der Waals surface area contributed by atoms with Gasteiger partial charge in [0.05, 0.1) is 18.8 Å². The summed E-state index contributed by atoms with van der Waals surface area (Å²) in [5.41, 5.74) is 2.68. The Balaban J connectivity index is 1.18. The third-order valence-corrected chi connectivity index (χ3v) is 6.17. The molecule has 1 saturated carbocycles. The van der Waals surface area contributed by atoms with Crippen LogP contribution in [0, 0.1) is 0 Å². The molecule has 2 aromatic carbocycles. The van der Waals surface area contributed by atoms with E-state index >= 15 is 0 Å².